The molecule has 0 amide bonds. The number of thioether (sulfide) groups is 1. The highest BCUT2D eigenvalue weighted by Gasteiger charge is 2.14. The Hall–Kier alpha value is -3.27. The van der Waals surface area contributed by atoms with E-state index < -0.39 is 10.8 Å². The zero-order valence-electron chi connectivity index (χ0n) is 29.3. The number of aromatic amines is 2. The standard InChI is InChI=1S/2C19H18N4OS.I2.HI/c1-13-17(20-8-7-18(13)24-2)12-25-19-21-15-6-5-14(11-16(15)22-19)23-9-3-4-10-23;1-13-7-8-20-18(14(13)2)12-25(24)19-21-16-6-5-15(11-17(16)22-19)23-9-3-4-10-23;1-2;/h2*3-11H,12H2,1-2H3,(H,21,22);;1H. The van der Waals surface area contributed by atoms with E-state index in [0.29, 0.717) is 10.9 Å². The molecule has 53 heavy (non-hydrogen) atoms. The molecule has 274 valence electrons. The number of nitrogens with zero attached hydrogens (tertiary/aromatic N) is 6. The molecule has 6 aromatic heterocycles. The van der Waals surface area contributed by atoms with Crippen LogP contribution in [-0.2, 0) is 22.3 Å². The summed E-state index contributed by atoms with van der Waals surface area (Å²) in [5.74, 6) is 1.97. The van der Waals surface area contributed by atoms with Crippen LogP contribution >= 0.6 is 73.0 Å². The molecule has 15 heteroatoms. The predicted octanol–water partition coefficient (Wildman–Crippen LogP) is 10.4. The number of benzene rings is 2. The van der Waals surface area contributed by atoms with Crippen molar-refractivity contribution >= 4 is 106 Å². The lowest BCUT2D eigenvalue weighted by atomic mass is 10.1. The van der Waals surface area contributed by atoms with E-state index in [1.165, 1.54) is 0 Å². The average Bonchev–Trinajstić information content (AvgIpc) is 4.01. The van der Waals surface area contributed by atoms with Gasteiger partial charge in [-0.15, -0.1) is 24.0 Å². The van der Waals surface area contributed by atoms with E-state index in [2.05, 4.69) is 83.8 Å². The van der Waals surface area contributed by atoms with E-state index in [1.54, 1.807) is 31.3 Å². The SMILES string of the molecule is COc1ccnc(CSc2nc3ccc(-n4cccc4)cc3[nH]2)c1C.Cc1ccnc(CS(=O)c2nc3ccc(-n4cccc4)cc3[nH]2)c1C.I.II. The average molecular weight is 1080 g/mol. The first kappa shape index (κ1) is 40.9. The molecule has 0 saturated heterocycles. The summed E-state index contributed by atoms with van der Waals surface area (Å²) in [6, 6.07) is 24.0. The van der Waals surface area contributed by atoms with Gasteiger partial charge in [-0.05, 0) is 105 Å². The largest absolute Gasteiger partial charge is 0.496 e. The van der Waals surface area contributed by atoms with Crippen LogP contribution in [0.15, 0.2) is 120 Å². The maximum absolute atomic E-state index is 12.7. The molecule has 6 heterocycles. The Morgan fingerprint density at radius 2 is 1.32 bits per heavy atom. The van der Waals surface area contributed by atoms with E-state index in [9.17, 15) is 4.21 Å². The number of aryl methyl sites for hydroxylation is 1. The molecule has 0 radical (unpaired) electrons. The van der Waals surface area contributed by atoms with E-state index in [1.807, 2.05) is 111 Å². The molecule has 2 N–H and O–H groups in total. The second-order valence-electron chi connectivity index (χ2n) is 11.7. The van der Waals surface area contributed by atoms with E-state index in [4.69, 9.17) is 4.74 Å². The van der Waals surface area contributed by atoms with Crippen molar-refractivity contribution in [1.29, 1.82) is 0 Å². The number of methoxy groups -OCH3 is 1. The second-order valence-corrected chi connectivity index (χ2v) is 14.1. The molecule has 2 aromatic carbocycles. The number of hydrogen-bond donors (Lipinski definition) is 2. The number of H-pyrrole nitrogens is 2. The fourth-order valence-electron chi connectivity index (χ4n) is 5.55. The van der Waals surface area contributed by atoms with Gasteiger partial charge in [0, 0.05) is 97.1 Å². The van der Waals surface area contributed by atoms with Gasteiger partial charge in [-0.2, -0.15) is 0 Å². The summed E-state index contributed by atoms with van der Waals surface area (Å²) in [4.78, 5) is 24.6. The number of halogens is 3. The summed E-state index contributed by atoms with van der Waals surface area (Å²) < 4.78 is 22.2. The van der Waals surface area contributed by atoms with Gasteiger partial charge < -0.3 is 23.8 Å². The van der Waals surface area contributed by atoms with Crippen molar-refractivity contribution in [2.24, 2.45) is 0 Å². The summed E-state index contributed by atoms with van der Waals surface area (Å²) in [6.07, 6.45) is 11.6. The molecule has 8 aromatic rings. The molecule has 10 nitrogen and oxygen atoms in total. The van der Waals surface area contributed by atoms with Crippen molar-refractivity contribution in [3.8, 4) is 17.1 Å². The highest BCUT2D eigenvalue weighted by atomic mass is 128. The monoisotopic (exact) mass is 1080 g/mol. The van der Waals surface area contributed by atoms with Crippen molar-refractivity contribution < 1.29 is 8.95 Å². The Morgan fingerprint density at radius 3 is 1.94 bits per heavy atom. The van der Waals surface area contributed by atoms with Gasteiger partial charge in [0.2, 0.25) is 0 Å². The molecular formula is C38H37I3N8O2S2. The molecule has 8 rings (SSSR count). The first-order valence-electron chi connectivity index (χ1n) is 16.2. The first-order chi connectivity index (χ1) is 25.4. The van der Waals surface area contributed by atoms with Crippen LogP contribution in [0.25, 0.3) is 33.4 Å². The Labute approximate surface area is 355 Å². The number of rotatable bonds is 9. The Balaban J connectivity index is 0.000000192. The van der Waals surface area contributed by atoms with Crippen LogP contribution < -0.4 is 4.74 Å². The summed E-state index contributed by atoms with van der Waals surface area (Å²) in [5, 5.41) is 1.38. The molecular weight excluding hydrogens is 1050 g/mol. The normalized spacial score (nSPS) is 11.3. The highest BCUT2D eigenvalue weighted by molar-refractivity contribution is 15.0. The third-order valence-electron chi connectivity index (χ3n) is 8.58. The summed E-state index contributed by atoms with van der Waals surface area (Å²) in [7, 11) is 0.417. The topological polar surface area (TPSA) is 119 Å². The minimum absolute atomic E-state index is 0. The van der Waals surface area contributed by atoms with Crippen molar-refractivity contribution in [3.63, 3.8) is 0 Å². The van der Waals surface area contributed by atoms with E-state index >= 15 is 0 Å². The molecule has 0 aliphatic rings. The molecule has 0 spiro atoms. The van der Waals surface area contributed by atoms with Crippen LogP contribution in [0.5, 0.6) is 5.75 Å². The first-order valence-corrected chi connectivity index (χ1v) is 24.8. The summed E-state index contributed by atoms with van der Waals surface area (Å²) >= 11 is 5.88. The Bertz CT molecular complexity index is 2430. The fraction of sp³-hybridized carbons (Fsp3) is 0.158. The summed E-state index contributed by atoms with van der Waals surface area (Å²) in [6.45, 7) is 6.08. The van der Waals surface area contributed by atoms with Crippen LogP contribution in [0, 0.1) is 20.8 Å². The van der Waals surface area contributed by atoms with Gasteiger partial charge in [0.15, 0.2) is 10.3 Å². The van der Waals surface area contributed by atoms with E-state index in [0.717, 1.165) is 78.2 Å². The van der Waals surface area contributed by atoms with Gasteiger partial charge in [0.1, 0.15) is 5.75 Å². The van der Waals surface area contributed by atoms with Crippen LogP contribution in [0.3, 0.4) is 0 Å². The molecule has 0 aliphatic carbocycles. The minimum atomic E-state index is -1.26. The highest BCUT2D eigenvalue weighted by Crippen LogP contribution is 2.28. The van der Waals surface area contributed by atoms with Crippen molar-refractivity contribution in [2.45, 2.75) is 42.6 Å². The lowest BCUT2D eigenvalue weighted by molar-refractivity contribution is 0.410. The van der Waals surface area contributed by atoms with E-state index in [-0.39, 0.29) is 24.0 Å². The zero-order chi connectivity index (χ0) is 36.6. The van der Waals surface area contributed by atoms with Crippen LogP contribution in [-0.4, -0.2) is 50.4 Å². The van der Waals surface area contributed by atoms with Crippen molar-refractivity contribution in [1.82, 2.24) is 39.0 Å². The molecule has 0 bridgehead atoms. The van der Waals surface area contributed by atoms with Gasteiger partial charge in [-0.25, -0.2) is 9.97 Å². The third-order valence-corrected chi connectivity index (χ3v) is 10.6. The number of imidazole rings is 2. The lowest BCUT2D eigenvalue weighted by Gasteiger charge is -2.08. The van der Waals surface area contributed by atoms with Gasteiger partial charge >= 0.3 is 0 Å². The number of pyridine rings is 2. The minimum Gasteiger partial charge on any atom is -0.496 e. The number of hydrogen-bond acceptors (Lipinski definition) is 7. The maximum Gasteiger partial charge on any atom is 0.197 e. The lowest BCUT2D eigenvalue weighted by Crippen LogP contribution is -2.03. The fourth-order valence-corrected chi connectivity index (χ4v) is 7.56. The molecule has 0 saturated carbocycles. The van der Waals surface area contributed by atoms with Crippen molar-refractivity contribution in [3.05, 3.63) is 138 Å². The zero-order valence-corrected chi connectivity index (χ0v) is 37.6. The van der Waals surface area contributed by atoms with Crippen LogP contribution in [0.4, 0.5) is 0 Å². The number of ether oxygens (including phenoxy) is 1. The van der Waals surface area contributed by atoms with Crippen molar-refractivity contribution in [2.75, 3.05) is 7.11 Å². The Morgan fingerprint density at radius 1 is 0.755 bits per heavy atom. The predicted molar refractivity (Wildman–Crippen MR) is 243 cm³/mol. The third kappa shape index (κ3) is 9.89. The molecule has 1 atom stereocenters. The summed E-state index contributed by atoms with van der Waals surface area (Å²) in [5.41, 5.74) is 11.0. The van der Waals surface area contributed by atoms with Gasteiger partial charge in [0.25, 0.3) is 0 Å². The van der Waals surface area contributed by atoms with Crippen LogP contribution in [0.1, 0.15) is 28.1 Å². The van der Waals surface area contributed by atoms with Gasteiger partial charge in [-0.3, -0.25) is 14.2 Å². The van der Waals surface area contributed by atoms with Gasteiger partial charge in [0.05, 0.1) is 57.1 Å². The van der Waals surface area contributed by atoms with Crippen LogP contribution in [0.2, 0.25) is 0 Å². The second kappa shape index (κ2) is 19.4. The van der Waals surface area contributed by atoms with Gasteiger partial charge in [-0.1, -0.05) is 11.8 Å². The molecule has 1 unspecified atom stereocenters. The quantitative estimate of drug-likeness (QED) is 0.109. The number of nitrogens with one attached hydrogen (secondary N) is 2. The molecule has 0 aliphatic heterocycles. The number of fused-ring (bicyclic) bond motifs is 2. The number of aromatic nitrogens is 8. The smallest absolute Gasteiger partial charge is 0.197 e. The Kier molecular flexibility index (Phi) is 14.9. The molecule has 0 fully saturated rings. The maximum atomic E-state index is 12.7.